The number of nitrogens with zero attached hydrogens (tertiary/aromatic N) is 1. The van der Waals surface area contributed by atoms with Crippen LogP contribution >= 0.6 is 0 Å². The van der Waals surface area contributed by atoms with Gasteiger partial charge in [0.25, 0.3) is 0 Å². The number of aliphatic imine (C=N–C) groups is 1. The maximum Gasteiger partial charge on any atom is 0.243 e. The Hall–Kier alpha value is -6.38. The lowest BCUT2D eigenvalue weighted by molar-refractivity contribution is -0.134. The second-order valence-corrected chi connectivity index (χ2v) is 12.4. The third-order valence-corrected chi connectivity index (χ3v) is 8.32. The smallest absolute Gasteiger partial charge is 0.243 e. The molecule has 5 amide bonds. The number of carbonyl (C=O) groups is 5. The molecule has 0 aliphatic rings. The number of rotatable bonds is 18. The molecule has 15 heteroatoms. The van der Waals surface area contributed by atoms with Gasteiger partial charge in [-0.3, -0.25) is 29.0 Å². The molecule has 1 unspecified atom stereocenters. The van der Waals surface area contributed by atoms with Crippen LogP contribution in [0.5, 0.6) is 5.75 Å². The third kappa shape index (κ3) is 11.6. The fourth-order valence-corrected chi connectivity index (χ4v) is 5.71. The number of aromatic hydroxyl groups is 1. The maximum atomic E-state index is 14.0. The van der Waals surface area contributed by atoms with E-state index < -0.39 is 53.7 Å². The first-order valence-corrected chi connectivity index (χ1v) is 16.8. The quantitative estimate of drug-likeness (QED) is 0.0395. The predicted molar refractivity (Wildman–Crippen MR) is 196 cm³/mol. The van der Waals surface area contributed by atoms with Crippen LogP contribution in [0, 0.1) is 0 Å². The summed E-state index contributed by atoms with van der Waals surface area (Å²) < 4.78 is 0. The number of fused-ring (bicyclic) bond motifs is 1. The van der Waals surface area contributed by atoms with Gasteiger partial charge in [-0.05, 0) is 47.7 Å². The highest BCUT2D eigenvalue weighted by molar-refractivity contribution is 5.96. The lowest BCUT2D eigenvalue weighted by atomic mass is 10.0. The minimum Gasteiger partial charge on any atom is -0.508 e. The van der Waals surface area contributed by atoms with Crippen molar-refractivity contribution in [3.63, 3.8) is 0 Å². The number of guanidine groups is 1. The molecule has 0 aliphatic carbocycles. The van der Waals surface area contributed by atoms with E-state index in [1.54, 1.807) is 42.6 Å². The number of aromatic nitrogens is 1. The number of primary amides is 1. The molecule has 0 spiro atoms. The highest BCUT2D eigenvalue weighted by Gasteiger charge is 2.31. The Morgan fingerprint density at radius 3 is 1.88 bits per heavy atom. The number of nitrogens with one attached hydrogen (secondary N) is 5. The summed E-state index contributed by atoms with van der Waals surface area (Å²) in [4.78, 5) is 73.3. The fraction of sp³-hybridized carbons (Fsp3) is 0.297. The average molecular weight is 712 g/mol. The zero-order valence-corrected chi connectivity index (χ0v) is 28.8. The van der Waals surface area contributed by atoms with Crippen molar-refractivity contribution in [3.8, 4) is 5.75 Å². The van der Waals surface area contributed by atoms with Gasteiger partial charge in [0.15, 0.2) is 5.96 Å². The highest BCUT2D eigenvalue weighted by Crippen LogP contribution is 2.19. The number of benzene rings is 3. The summed E-state index contributed by atoms with van der Waals surface area (Å²) in [6, 6.07) is 18.1. The van der Waals surface area contributed by atoms with Gasteiger partial charge in [-0.2, -0.15) is 0 Å². The van der Waals surface area contributed by atoms with E-state index >= 15 is 0 Å². The molecule has 4 atom stereocenters. The van der Waals surface area contributed by atoms with Gasteiger partial charge in [0.05, 0.1) is 0 Å². The number of H-pyrrole nitrogens is 1. The molecule has 0 bridgehead atoms. The van der Waals surface area contributed by atoms with Crippen molar-refractivity contribution in [2.45, 2.75) is 63.2 Å². The lowest BCUT2D eigenvalue weighted by Crippen LogP contribution is -2.59. The molecule has 274 valence electrons. The second-order valence-electron chi connectivity index (χ2n) is 12.4. The third-order valence-electron chi connectivity index (χ3n) is 8.32. The molecule has 1 aromatic heterocycles. The zero-order chi connectivity index (χ0) is 37.6. The lowest BCUT2D eigenvalue weighted by Gasteiger charge is -2.26. The molecule has 4 aromatic rings. The van der Waals surface area contributed by atoms with Gasteiger partial charge in [0, 0.05) is 49.8 Å². The molecule has 15 nitrogen and oxygen atoms in total. The van der Waals surface area contributed by atoms with Crippen molar-refractivity contribution in [1.82, 2.24) is 26.3 Å². The monoisotopic (exact) mass is 711 g/mol. The van der Waals surface area contributed by atoms with E-state index in [4.69, 9.17) is 17.2 Å². The van der Waals surface area contributed by atoms with Crippen LogP contribution in [-0.2, 0) is 43.2 Å². The van der Waals surface area contributed by atoms with Gasteiger partial charge < -0.3 is 48.6 Å². The number of phenols is 1. The Morgan fingerprint density at radius 2 is 1.25 bits per heavy atom. The predicted octanol–water partition coefficient (Wildman–Crippen LogP) is 0.399. The summed E-state index contributed by atoms with van der Waals surface area (Å²) in [5, 5.41) is 21.4. The number of hydrogen-bond donors (Lipinski definition) is 9. The van der Waals surface area contributed by atoms with Gasteiger partial charge in [0.2, 0.25) is 29.5 Å². The molecule has 0 saturated carbocycles. The van der Waals surface area contributed by atoms with Crippen LogP contribution in [0.3, 0.4) is 0 Å². The number of nitrogens with two attached hydrogens (primary N) is 3. The number of phenolic OH excluding ortho intramolecular Hbond substituents is 1. The van der Waals surface area contributed by atoms with Gasteiger partial charge in [-0.25, -0.2) is 0 Å². The van der Waals surface area contributed by atoms with E-state index in [0.29, 0.717) is 5.56 Å². The topological polar surface area (TPSA) is 260 Å². The van der Waals surface area contributed by atoms with Crippen molar-refractivity contribution in [3.05, 3.63) is 102 Å². The fourth-order valence-electron chi connectivity index (χ4n) is 5.71. The number of aromatic amines is 1. The Labute approximate surface area is 300 Å². The van der Waals surface area contributed by atoms with Crippen molar-refractivity contribution in [2.75, 3.05) is 6.54 Å². The minimum absolute atomic E-state index is 0.0425. The molecule has 3 aromatic carbocycles. The average Bonchev–Trinajstić information content (AvgIpc) is 3.52. The molecule has 0 aliphatic heterocycles. The summed E-state index contributed by atoms with van der Waals surface area (Å²) in [6.07, 6.45) is 2.33. The van der Waals surface area contributed by atoms with E-state index in [-0.39, 0.29) is 50.4 Å². The number of para-hydroxylation sites is 1. The molecular weight excluding hydrogens is 666 g/mol. The first-order chi connectivity index (χ1) is 24.9. The molecule has 0 saturated heterocycles. The van der Waals surface area contributed by atoms with Crippen LogP contribution in [0.2, 0.25) is 0 Å². The Balaban J connectivity index is 1.56. The Kier molecular flexibility index (Phi) is 13.7. The summed E-state index contributed by atoms with van der Waals surface area (Å²) in [6.45, 7) is 1.44. The Morgan fingerprint density at radius 1 is 0.692 bits per heavy atom. The molecule has 0 radical (unpaired) electrons. The van der Waals surface area contributed by atoms with Crippen LogP contribution in [0.4, 0.5) is 0 Å². The molecule has 4 rings (SSSR count). The number of hydrogen-bond acceptors (Lipinski definition) is 7. The highest BCUT2D eigenvalue weighted by atomic mass is 16.3. The van der Waals surface area contributed by atoms with E-state index in [1.165, 1.54) is 19.1 Å². The van der Waals surface area contributed by atoms with E-state index in [9.17, 15) is 29.1 Å². The molecule has 1 heterocycles. The standard InChI is InChI=1S/C37H45N9O6/c1-22(47)43-31(19-24-13-15-26(48)16-14-24)35(51)46-32(18-23-8-3-2-4-9-23)36(52)44-29(12-7-17-41-37(39)40)34(50)45-30(33(38)49)20-25-21-42-28-11-6-5-10-27(25)28/h2-6,8-11,13-16,21,29-32,42,48H,7,12,17-20H2,1H3,(H2,38,49)(H,43,47)(H,44,52)(H,45,50)(H,46,51)(H4,39,40,41)/t29-,30?,31-,32+/m0/s1. The normalized spacial score (nSPS) is 13.2. The van der Waals surface area contributed by atoms with Gasteiger partial charge in [-0.1, -0.05) is 60.7 Å². The van der Waals surface area contributed by atoms with E-state index in [0.717, 1.165) is 22.0 Å². The SMILES string of the molecule is CC(=O)N[C@@H](Cc1ccc(O)cc1)C(=O)N[C@H](Cc1ccccc1)C(=O)N[C@@H](CCCN=C(N)N)C(=O)NC(Cc1c[nH]c2ccccc12)C(N)=O. The minimum atomic E-state index is -1.18. The summed E-state index contributed by atoms with van der Waals surface area (Å²) in [5.41, 5.74) is 19.7. The summed E-state index contributed by atoms with van der Waals surface area (Å²) in [5.74, 6) is -3.31. The van der Waals surface area contributed by atoms with Gasteiger partial charge in [0.1, 0.15) is 29.9 Å². The summed E-state index contributed by atoms with van der Waals surface area (Å²) >= 11 is 0. The van der Waals surface area contributed by atoms with Gasteiger partial charge >= 0.3 is 0 Å². The van der Waals surface area contributed by atoms with Crippen LogP contribution < -0.4 is 38.5 Å². The second kappa shape index (κ2) is 18.6. The van der Waals surface area contributed by atoms with E-state index in [1.807, 2.05) is 30.3 Å². The summed E-state index contributed by atoms with van der Waals surface area (Å²) in [7, 11) is 0. The zero-order valence-electron chi connectivity index (χ0n) is 28.8. The van der Waals surface area contributed by atoms with Crippen molar-refractivity contribution < 1.29 is 29.1 Å². The molecular formula is C37H45N9O6. The van der Waals surface area contributed by atoms with Crippen molar-refractivity contribution in [2.24, 2.45) is 22.2 Å². The molecule has 52 heavy (non-hydrogen) atoms. The largest absolute Gasteiger partial charge is 0.508 e. The molecule has 0 fully saturated rings. The maximum absolute atomic E-state index is 14.0. The van der Waals surface area contributed by atoms with Crippen LogP contribution in [-0.4, -0.2) is 76.3 Å². The molecule has 12 N–H and O–H groups in total. The first kappa shape index (κ1) is 38.4. The van der Waals surface area contributed by atoms with Crippen LogP contribution in [0.1, 0.15) is 36.5 Å². The van der Waals surface area contributed by atoms with Crippen LogP contribution in [0.15, 0.2) is 90.1 Å². The number of carbonyl (C=O) groups excluding carboxylic acids is 5. The number of amides is 5. The Bertz CT molecular complexity index is 1870. The van der Waals surface area contributed by atoms with E-state index in [2.05, 4.69) is 31.2 Å². The van der Waals surface area contributed by atoms with Gasteiger partial charge in [-0.15, -0.1) is 0 Å². The first-order valence-electron chi connectivity index (χ1n) is 16.8. The van der Waals surface area contributed by atoms with Crippen molar-refractivity contribution in [1.29, 1.82) is 0 Å². The van der Waals surface area contributed by atoms with Crippen LogP contribution in [0.25, 0.3) is 10.9 Å². The van der Waals surface area contributed by atoms with Crippen molar-refractivity contribution >= 4 is 46.4 Å².